The number of carbonyl (C=O) groups is 1. The van der Waals surface area contributed by atoms with E-state index >= 15 is 0 Å². The van der Waals surface area contributed by atoms with E-state index in [1.807, 2.05) is 64.0 Å². The molecule has 2 heterocycles. The number of likely N-dealkylation sites (N-methyl/N-ethyl adjacent to an activating group) is 1. The van der Waals surface area contributed by atoms with E-state index in [-0.39, 0.29) is 23.2 Å². The Hall–Kier alpha value is -3.32. The van der Waals surface area contributed by atoms with Crippen LogP contribution in [0.5, 0.6) is 11.5 Å². The van der Waals surface area contributed by atoms with Crippen LogP contribution in [0.3, 0.4) is 0 Å². The van der Waals surface area contributed by atoms with Gasteiger partial charge in [-0.25, -0.2) is 0 Å². The lowest BCUT2D eigenvalue weighted by Gasteiger charge is -2.26. The minimum atomic E-state index is -0.546. The van der Waals surface area contributed by atoms with Crippen molar-refractivity contribution < 1.29 is 18.7 Å². The first-order chi connectivity index (χ1) is 15.8. The van der Waals surface area contributed by atoms with Crippen LogP contribution in [0.25, 0.3) is 11.0 Å². The van der Waals surface area contributed by atoms with Crippen LogP contribution in [-0.2, 0) is 0 Å². The van der Waals surface area contributed by atoms with Gasteiger partial charge in [-0.1, -0.05) is 12.1 Å². The number of ether oxygens (including phenoxy) is 2. The van der Waals surface area contributed by atoms with Gasteiger partial charge in [0.05, 0.1) is 29.7 Å². The highest BCUT2D eigenvalue weighted by molar-refractivity contribution is 5.99. The van der Waals surface area contributed by atoms with Gasteiger partial charge in [0.2, 0.25) is 5.76 Å². The van der Waals surface area contributed by atoms with Gasteiger partial charge in [0.1, 0.15) is 17.1 Å². The number of nitrogens with zero attached hydrogens (tertiary/aromatic N) is 2. The largest absolute Gasteiger partial charge is 0.494 e. The monoisotopic (exact) mass is 450 g/mol. The van der Waals surface area contributed by atoms with Crippen molar-refractivity contribution in [2.45, 2.75) is 32.9 Å². The number of carbonyl (C=O) groups excluding carboxylic acids is 1. The lowest BCUT2D eigenvalue weighted by atomic mass is 9.98. The van der Waals surface area contributed by atoms with Crippen molar-refractivity contribution in [3.05, 3.63) is 69.6 Å². The molecule has 1 aliphatic rings. The molecule has 4 rings (SSSR count). The minimum Gasteiger partial charge on any atom is -0.494 e. The van der Waals surface area contributed by atoms with E-state index in [0.717, 1.165) is 5.56 Å². The molecule has 0 N–H and O–H groups in total. The fraction of sp³-hybridized carbons (Fsp3) is 0.385. The summed E-state index contributed by atoms with van der Waals surface area (Å²) >= 11 is 0. The first kappa shape index (κ1) is 22.9. The second-order valence-electron chi connectivity index (χ2n) is 8.71. The molecule has 0 saturated heterocycles. The number of hydrogen-bond donors (Lipinski definition) is 0. The smallest absolute Gasteiger partial charge is 0.290 e. The molecule has 1 atom stereocenters. The van der Waals surface area contributed by atoms with Gasteiger partial charge in [-0.05, 0) is 64.7 Å². The highest BCUT2D eigenvalue weighted by atomic mass is 16.5. The van der Waals surface area contributed by atoms with Gasteiger partial charge in [0.25, 0.3) is 5.91 Å². The van der Waals surface area contributed by atoms with Gasteiger partial charge in [-0.15, -0.1) is 0 Å². The van der Waals surface area contributed by atoms with Gasteiger partial charge >= 0.3 is 0 Å². The third-order valence-electron chi connectivity index (χ3n) is 5.58. The summed E-state index contributed by atoms with van der Waals surface area (Å²) in [6.07, 6.45) is 0.0103. The Balaban J connectivity index is 1.88. The predicted molar refractivity (Wildman–Crippen MR) is 127 cm³/mol. The van der Waals surface area contributed by atoms with Crippen molar-refractivity contribution in [3.8, 4) is 11.5 Å². The highest BCUT2D eigenvalue weighted by Crippen LogP contribution is 2.39. The van der Waals surface area contributed by atoms with E-state index in [4.69, 9.17) is 13.9 Å². The summed E-state index contributed by atoms with van der Waals surface area (Å²) < 4.78 is 17.5. The zero-order valence-corrected chi connectivity index (χ0v) is 19.8. The van der Waals surface area contributed by atoms with Crippen LogP contribution >= 0.6 is 0 Å². The van der Waals surface area contributed by atoms with Crippen molar-refractivity contribution in [2.75, 3.05) is 33.8 Å². The van der Waals surface area contributed by atoms with Crippen LogP contribution in [0.15, 0.2) is 51.7 Å². The average molecular weight is 451 g/mol. The maximum absolute atomic E-state index is 13.6. The summed E-state index contributed by atoms with van der Waals surface area (Å²) in [7, 11) is 3.90. The van der Waals surface area contributed by atoms with Crippen LogP contribution in [0.2, 0.25) is 0 Å². The summed E-state index contributed by atoms with van der Waals surface area (Å²) in [4.78, 5) is 30.8. The molecule has 7 nitrogen and oxygen atoms in total. The van der Waals surface area contributed by atoms with Crippen molar-refractivity contribution >= 4 is 16.9 Å². The molecule has 1 unspecified atom stereocenters. The molecule has 0 saturated carbocycles. The Kier molecular flexibility index (Phi) is 6.42. The maximum Gasteiger partial charge on any atom is 0.290 e. The van der Waals surface area contributed by atoms with Gasteiger partial charge in [0.15, 0.2) is 5.43 Å². The summed E-state index contributed by atoms with van der Waals surface area (Å²) in [6.45, 7) is 7.41. The standard InChI is InChI=1S/C26H30N2O5/c1-6-31-18-10-11-20-21(15-18)33-25-22(24(20)29)23(28(26(25)30)13-12-27(4)5)17-8-7-9-19(14-17)32-16(2)3/h7-11,14-16,23H,6,12-13H2,1-5H3. The molecule has 33 heavy (non-hydrogen) atoms. The molecule has 1 amide bonds. The SMILES string of the molecule is CCOc1ccc2c(=O)c3c(oc2c1)C(=O)N(CCN(C)C)C3c1cccc(OC(C)C)c1. The number of benzene rings is 2. The Bertz CT molecular complexity index is 1230. The maximum atomic E-state index is 13.6. The molecule has 0 fully saturated rings. The van der Waals surface area contributed by atoms with E-state index in [0.29, 0.717) is 47.7 Å². The highest BCUT2D eigenvalue weighted by Gasteiger charge is 2.42. The lowest BCUT2D eigenvalue weighted by Crippen LogP contribution is -2.35. The fourth-order valence-corrected chi connectivity index (χ4v) is 4.17. The summed E-state index contributed by atoms with van der Waals surface area (Å²) in [5.74, 6) is 1.11. The lowest BCUT2D eigenvalue weighted by molar-refractivity contribution is 0.0716. The molecule has 7 heteroatoms. The molecule has 0 spiro atoms. The van der Waals surface area contributed by atoms with Crippen LogP contribution < -0.4 is 14.9 Å². The third-order valence-corrected chi connectivity index (χ3v) is 5.58. The molecular formula is C26H30N2O5. The van der Waals surface area contributed by atoms with Crippen molar-refractivity contribution in [1.29, 1.82) is 0 Å². The predicted octanol–water partition coefficient (Wildman–Crippen LogP) is 4.09. The Morgan fingerprint density at radius 1 is 1.09 bits per heavy atom. The molecule has 3 aromatic rings. The summed E-state index contributed by atoms with van der Waals surface area (Å²) in [5, 5.41) is 0.430. The van der Waals surface area contributed by atoms with Gasteiger partial charge < -0.3 is 23.7 Å². The van der Waals surface area contributed by atoms with E-state index < -0.39 is 6.04 Å². The van der Waals surface area contributed by atoms with E-state index in [2.05, 4.69) is 0 Å². The van der Waals surface area contributed by atoms with Crippen LogP contribution in [0.4, 0.5) is 0 Å². The minimum absolute atomic E-state index is 0.0103. The molecule has 174 valence electrons. The Morgan fingerprint density at radius 3 is 2.58 bits per heavy atom. The van der Waals surface area contributed by atoms with E-state index in [9.17, 15) is 9.59 Å². The van der Waals surface area contributed by atoms with Gasteiger partial charge in [-0.2, -0.15) is 0 Å². The number of amides is 1. The molecule has 1 aliphatic heterocycles. The Labute approximate surface area is 193 Å². The second-order valence-corrected chi connectivity index (χ2v) is 8.71. The topological polar surface area (TPSA) is 72.2 Å². The number of hydrogen-bond acceptors (Lipinski definition) is 6. The molecule has 0 radical (unpaired) electrons. The number of fused-ring (bicyclic) bond motifs is 2. The molecule has 2 aromatic carbocycles. The van der Waals surface area contributed by atoms with E-state index in [1.165, 1.54) is 0 Å². The molecule has 0 bridgehead atoms. The van der Waals surface area contributed by atoms with Crippen molar-refractivity contribution in [1.82, 2.24) is 9.80 Å². The zero-order chi connectivity index (χ0) is 23.7. The fourth-order valence-electron chi connectivity index (χ4n) is 4.17. The van der Waals surface area contributed by atoms with Crippen LogP contribution in [0, 0.1) is 0 Å². The quantitative estimate of drug-likeness (QED) is 0.515. The van der Waals surface area contributed by atoms with E-state index in [1.54, 1.807) is 23.1 Å². The Morgan fingerprint density at radius 2 is 1.88 bits per heavy atom. The first-order valence-electron chi connectivity index (χ1n) is 11.3. The molecular weight excluding hydrogens is 420 g/mol. The molecule has 0 aliphatic carbocycles. The summed E-state index contributed by atoms with van der Waals surface area (Å²) in [5.41, 5.74) is 1.34. The molecule has 1 aromatic heterocycles. The van der Waals surface area contributed by atoms with Crippen LogP contribution in [-0.4, -0.2) is 55.6 Å². The third kappa shape index (κ3) is 4.46. The van der Waals surface area contributed by atoms with Gasteiger partial charge in [0, 0.05) is 19.2 Å². The normalized spacial score (nSPS) is 15.5. The first-order valence-corrected chi connectivity index (χ1v) is 11.3. The van der Waals surface area contributed by atoms with Crippen molar-refractivity contribution in [2.24, 2.45) is 0 Å². The average Bonchev–Trinajstić information content (AvgIpc) is 3.04. The summed E-state index contributed by atoms with van der Waals surface area (Å²) in [6, 6.07) is 12.2. The second kappa shape index (κ2) is 9.27. The number of rotatable bonds is 8. The van der Waals surface area contributed by atoms with Gasteiger partial charge in [-0.3, -0.25) is 9.59 Å². The van der Waals surface area contributed by atoms with Crippen molar-refractivity contribution in [3.63, 3.8) is 0 Å². The van der Waals surface area contributed by atoms with Crippen LogP contribution in [0.1, 0.15) is 48.5 Å². The zero-order valence-electron chi connectivity index (χ0n) is 19.8.